The fourth-order valence-electron chi connectivity index (χ4n) is 8.22. The van der Waals surface area contributed by atoms with Gasteiger partial charge in [0.05, 0.1) is 54.8 Å². The Balaban J connectivity index is 0.893. The zero-order chi connectivity index (χ0) is 44.4. The van der Waals surface area contributed by atoms with Gasteiger partial charge in [0.25, 0.3) is 11.8 Å². The van der Waals surface area contributed by atoms with E-state index >= 15 is 0 Å². The average molecular weight is 873 g/mol. The summed E-state index contributed by atoms with van der Waals surface area (Å²) in [5.74, 6) is -2.36. The number of imide groups is 2. The summed E-state index contributed by atoms with van der Waals surface area (Å²) in [6.07, 6.45) is 6.58. The van der Waals surface area contributed by atoms with Crippen molar-refractivity contribution in [2.75, 3.05) is 75.6 Å². The third-order valence-corrected chi connectivity index (χ3v) is 12.3. The number of hydrogen-bond acceptors (Lipinski definition) is 12. The molecule has 0 spiro atoms. The number of hydrogen-bond donors (Lipinski definition) is 3. The maximum atomic E-state index is 14.0. The van der Waals surface area contributed by atoms with Gasteiger partial charge in [0.1, 0.15) is 9.84 Å². The van der Waals surface area contributed by atoms with Crippen LogP contribution in [0.3, 0.4) is 0 Å². The number of methoxy groups -OCH3 is 1. The number of benzene rings is 3. The maximum Gasteiger partial charge on any atom is 0.264 e. The minimum atomic E-state index is -3.67. The minimum absolute atomic E-state index is 0.0302. The van der Waals surface area contributed by atoms with E-state index in [0.717, 1.165) is 75.1 Å². The number of amides is 6. The van der Waals surface area contributed by atoms with Crippen molar-refractivity contribution in [3.63, 3.8) is 0 Å². The molecule has 62 heavy (non-hydrogen) atoms. The molecule has 0 aromatic heterocycles. The molecule has 0 aliphatic carbocycles. The number of unbranched alkanes of at least 4 members (excludes halogenated alkanes) is 4. The van der Waals surface area contributed by atoms with Crippen molar-refractivity contribution in [1.82, 2.24) is 20.0 Å². The lowest BCUT2D eigenvalue weighted by molar-refractivity contribution is -0.134. The van der Waals surface area contributed by atoms with Crippen LogP contribution in [0.5, 0.6) is 11.5 Å². The molecule has 17 heteroatoms. The Hall–Kier alpha value is -5.65. The van der Waals surface area contributed by atoms with E-state index in [2.05, 4.69) is 25.8 Å². The fraction of sp³-hybridized carbons (Fsp3) is 0.467. The highest BCUT2D eigenvalue weighted by Gasteiger charge is 2.43. The van der Waals surface area contributed by atoms with Crippen molar-refractivity contribution in [3.8, 4) is 11.5 Å². The summed E-state index contributed by atoms with van der Waals surface area (Å²) in [5.41, 5.74) is 2.18. The summed E-state index contributed by atoms with van der Waals surface area (Å²) >= 11 is 0. The van der Waals surface area contributed by atoms with Gasteiger partial charge in [-0.25, -0.2) is 8.42 Å². The summed E-state index contributed by atoms with van der Waals surface area (Å²) in [6.45, 7) is 6.68. The highest BCUT2D eigenvalue weighted by atomic mass is 32.2. The number of ether oxygens (including phenoxy) is 2. The number of sulfone groups is 1. The second-order valence-electron chi connectivity index (χ2n) is 16.0. The van der Waals surface area contributed by atoms with E-state index in [1.807, 2.05) is 12.1 Å². The van der Waals surface area contributed by atoms with Gasteiger partial charge >= 0.3 is 0 Å². The molecule has 2 fully saturated rings. The van der Waals surface area contributed by atoms with Crippen molar-refractivity contribution in [1.29, 1.82) is 0 Å². The quantitative estimate of drug-likeness (QED) is 0.106. The largest absolute Gasteiger partial charge is 0.493 e. The molecule has 0 radical (unpaired) electrons. The van der Waals surface area contributed by atoms with E-state index in [1.54, 1.807) is 49.4 Å². The lowest BCUT2D eigenvalue weighted by Gasteiger charge is -2.34. The van der Waals surface area contributed by atoms with E-state index in [9.17, 15) is 37.2 Å². The summed E-state index contributed by atoms with van der Waals surface area (Å²) in [5, 5.41) is 8.14. The molecular formula is C45H56N6O10S. The highest BCUT2D eigenvalue weighted by molar-refractivity contribution is 7.90. The molecule has 2 saturated heterocycles. The van der Waals surface area contributed by atoms with Crippen LogP contribution >= 0.6 is 0 Å². The summed E-state index contributed by atoms with van der Waals surface area (Å²) in [7, 11) is -2.20. The molecule has 2 unspecified atom stereocenters. The van der Waals surface area contributed by atoms with E-state index < -0.39 is 33.4 Å². The van der Waals surface area contributed by atoms with Crippen LogP contribution in [0.25, 0.3) is 0 Å². The lowest BCUT2D eigenvalue weighted by atomic mass is 9.90. The van der Waals surface area contributed by atoms with Crippen molar-refractivity contribution in [2.24, 2.45) is 0 Å². The van der Waals surface area contributed by atoms with Crippen molar-refractivity contribution in [2.45, 2.75) is 70.3 Å². The number of nitrogens with zero attached hydrogens (tertiary/aromatic N) is 3. The molecule has 6 amide bonds. The Morgan fingerprint density at radius 3 is 2.24 bits per heavy atom. The summed E-state index contributed by atoms with van der Waals surface area (Å²) < 4.78 is 36.3. The van der Waals surface area contributed by atoms with Crippen LogP contribution in [0.4, 0.5) is 11.4 Å². The van der Waals surface area contributed by atoms with Crippen molar-refractivity contribution >= 4 is 56.7 Å². The number of anilines is 2. The second kappa shape index (κ2) is 20.9. The molecule has 3 aromatic carbocycles. The molecule has 3 aromatic rings. The van der Waals surface area contributed by atoms with Crippen LogP contribution in [0, 0.1) is 0 Å². The normalized spacial score (nSPS) is 17.7. The van der Waals surface area contributed by atoms with Crippen LogP contribution in [0.2, 0.25) is 0 Å². The number of piperazine rings is 1. The number of carbonyl (C=O) groups is 6. The first-order chi connectivity index (χ1) is 29.7. The molecule has 2 atom stereocenters. The Morgan fingerprint density at radius 1 is 0.839 bits per heavy atom. The lowest BCUT2D eigenvalue weighted by Crippen LogP contribution is -2.48. The average Bonchev–Trinajstić information content (AvgIpc) is 3.49. The predicted octanol–water partition coefficient (Wildman–Crippen LogP) is 4.53. The Bertz CT molecular complexity index is 2260. The number of nitrogens with one attached hydrogen (secondary N) is 3. The number of rotatable bonds is 20. The van der Waals surface area contributed by atoms with Gasteiger partial charge < -0.3 is 25.0 Å². The van der Waals surface area contributed by atoms with E-state index in [1.165, 1.54) is 13.2 Å². The van der Waals surface area contributed by atoms with E-state index in [0.29, 0.717) is 55.2 Å². The van der Waals surface area contributed by atoms with Gasteiger partial charge in [-0.15, -0.1) is 0 Å². The van der Waals surface area contributed by atoms with Gasteiger partial charge in [0.15, 0.2) is 11.5 Å². The maximum absolute atomic E-state index is 14.0. The molecule has 3 heterocycles. The smallest absolute Gasteiger partial charge is 0.264 e. The molecule has 6 rings (SSSR count). The molecule has 3 aliphatic rings. The molecule has 16 nitrogen and oxygen atoms in total. The third-order valence-electron chi connectivity index (χ3n) is 11.4. The van der Waals surface area contributed by atoms with Crippen molar-refractivity contribution < 1.29 is 46.7 Å². The predicted molar refractivity (Wildman–Crippen MR) is 233 cm³/mol. The van der Waals surface area contributed by atoms with Gasteiger partial charge in [-0.3, -0.25) is 43.9 Å². The number of piperidine rings is 1. The fourth-order valence-corrected chi connectivity index (χ4v) is 9.13. The van der Waals surface area contributed by atoms with Crippen molar-refractivity contribution in [3.05, 3.63) is 82.9 Å². The minimum Gasteiger partial charge on any atom is -0.493 e. The van der Waals surface area contributed by atoms with Gasteiger partial charge in [0.2, 0.25) is 23.6 Å². The third kappa shape index (κ3) is 11.8. The molecular weight excluding hydrogens is 817 g/mol. The van der Waals surface area contributed by atoms with Gasteiger partial charge in [-0.05, 0) is 80.3 Å². The molecule has 332 valence electrons. The monoisotopic (exact) mass is 872 g/mol. The first kappa shape index (κ1) is 45.9. The van der Waals surface area contributed by atoms with Gasteiger partial charge in [0, 0.05) is 51.0 Å². The van der Waals surface area contributed by atoms with Gasteiger partial charge in [-0.2, -0.15) is 0 Å². The number of fused-ring (bicyclic) bond motifs is 1. The first-order valence-corrected chi connectivity index (χ1v) is 23.3. The SMILES string of the molecule is CCOc1cc(C(CS(C)(=O)=O)N2C(=O)c3cccc(NC(=O)CCCCCCCN4CCN(CC(=O)Nc5ccc(C6CCC(=O)NC6=O)cc5)CC4)c3C2=O)ccc1OC. The molecule has 3 N–H and O–H groups in total. The second-order valence-corrected chi connectivity index (χ2v) is 18.2. The van der Waals surface area contributed by atoms with Crippen LogP contribution in [-0.4, -0.2) is 124 Å². The van der Waals surface area contributed by atoms with E-state index in [-0.39, 0.29) is 52.8 Å². The Labute approximate surface area is 362 Å². The first-order valence-electron chi connectivity index (χ1n) is 21.2. The number of carbonyl (C=O) groups excluding carboxylic acids is 6. The standard InChI is InChI=1S/C45H56N6O10S/c1-4-61-38-27-31(16-20-37(38)60-2)36(29-62(3,58)59)51-44(56)34-11-10-12-35(42(34)45(51)57)47-39(52)13-8-6-5-7-9-22-49-23-25-50(26-24-49)28-41(54)46-32-17-14-30(15-18-32)33-19-21-40(53)48-43(33)55/h10-12,14-18,20,27,33,36H,4-9,13,19,21-26,28-29H2,1-3H3,(H,46,54)(H,47,52)(H,48,53,55). The Morgan fingerprint density at radius 2 is 1.55 bits per heavy atom. The molecule has 0 saturated carbocycles. The van der Waals surface area contributed by atoms with Crippen LogP contribution < -0.4 is 25.4 Å². The highest BCUT2D eigenvalue weighted by Crippen LogP contribution is 2.39. The van der Waals surface area contributed by atoms with Crippen LogP contribution in [-0.2, 0) is 29.0 Å². The van der Waals surface area contributed by atoms with Crippen LogP contribution in [0.1, 0.15) is 102 Å². The molecule has 3 aliphatic heterocycles. The zero-order valence-electron chi connectivity index (χ0n) is 35.6. The van der Waals surface area contributed by atoms with Crippen LogP contribution in [0.15, 0.2) is 60.7 Å². The Kier molecular flexibility index (Phi) is 15.5. The summed E-state index contributed by atoms with van der Waals surface area (Å²) in [4.78, 5) is 82.7. The van der Waals surface area contributed by atoms with Gasteiger partial charge in [-0.1, -0.05) is 43.5 Å². The van der Waals surface area contributed by atoms with E-state index in [4.69, 9.17) is 9.47 Å². The zero-order valence-corrected chi connectivity index (χ0v) is 36.4. The topological polar surface area (TPSA) is 201 Å². The molecule has 0 bridgehead atoms. The summed E-state index contributed by atoms with van der Waals surface area (Å²) in [6, 6.07) is 15.5.